The van der Waals surface area contributed by atoms with Crippen molar-refractivity contribution < 1.29 is 39.5 Å². The first-order valence-corrected chi connectivity index (χ1v) is 14.4. The quantitative estimate of drug-likeness (QED) is 0.145. The number of benzene rings is 1. The van der Waals surface area contributed by atoms with Crippen molar-refractivity contribution in [2.75, 3.05) is 12.3 Å². The number of rotatable bonds is 12. The number of fused-ring (bicyclic) bond motifs is 1. The standard InChI is InChI=1S/C28H32N6O8S/c1-15-31-21(29)19-22(32-15)34(14-30-19)24-20(35)27(2,40)18(42-24)12-41-28(26(38)39,17-13-43-23(33-17)25(36)37)11-7-6-10-16-8-4-3-5-9-16/h3-5,8-9,13-14,18,20,24,35,40H,6-7,10-12H2,1-2H3,(H,36,37)(H,38,39)(H2,29,31,32)/t18-,20+,24-,27-,28?/m1/s1. The number of hydrogen-bond acceptors (Lipinski definition) is 12. The van der Waals surface area contributed by atoms with Crippen molar-refractivity contribution in [1.82, 2.24) is 24.5 Å². The highest BCUT2D eigenvalue weighted by molar-refractivity contribution is 7.11. The van der Waals surface area contributed by atoms with E-state index in [4.69, 9.17) is 15.2 Å². The summed E-state index contributed by atoms with van der Waals surface area (Å²) in [5.74, 6) is -2.15. The van der Waals surface area contributed by atoms with Crippen LogP contribution in [0.15, 0.2) is 42.0 Å². The van der Waals surface area contributed by atoms with E-state index < -0.39 is 48.2 Å². The third-order valence-corrected chi connectivity index (χ3v) is 8.50. The van der Waals surface area contributed by atoms with E-state index in [2.05, 4.69) is 19.9 Å². The van der Waals surface area contributed by atoms with E-state index in [0.29, 0.717) is 30.6 Å². The molecule has 5 rings (SSSR count). The SMILES string of the molecule is Cc1nc(N)c2ncn([C@@H]3O[C@H](COC(CCCCc4ccccc4)(C(=O)O)c4csc(C(=O)O)n4)[C@@](C)(O)[C@H]3O)c2n1. The fraction of sp³-hybridized carbons (Fsp3) is 0.429. The number of nitrogen functional groups attached to an aromatic ring is 1. The molecule has 0 aliphatic carbocycles. The molecule has 5 atom stereocenters. The van der Waals surface area contributed by atoms with Crippen LogP contribution in [0.5, 0.6) is 0 Å². The molecule has 0 saturated carbocycles. The Morgan fingerprint density at radius 1 is 1.19 bits per heavy atom. The number of aromatic carboxylic acids is 1. The van der Waals surface area contributed by atoms with Crippen LogP contribution in [-0.4, -0.2) is 81.3 Å². The molecule has 14 nitrogen and oxygen atoms in total. The lowest BCUT2D eigenvalue weighted by Crippen LogP contribution is -2.49. The fourth-order valence-electron chi connectivity index (χ4n) is 5.20. The largest absolute Gasteiger partial charge is 0.479 e. The van der Waals surface area contributed by atoms with E-state index >= 15 is 0 Å². The molecule has 1 aliphatic heterocycles. The highest BCUT2D eigenvalue weighted by atomic mass is 32.1. The smallest absolute Gasteiger partial charge is 0.365 e. The third kappa shape index (κ3) is 5.81. The molecule has 6 N–H and O–H groups in total. The van der Waals surface area contributed by atoms with Gasteiger partial charge in [0.05, 0.1) is 18.6 Å². The second-order valence-corrected chi connectivity index (χ2v) is 11.5. The zero-order chi connectivity index (χ0) is 30.9. The highest BCUT2D eigenvalue weighted by Crippen LogP contribution is 2.41. The number of aliphatic carboxylic acids is 1. The van der Waals surface area contributed by atoms with Gasteiger partial charge < -0.3 is 35.6 Å². The number of nitrogens with zero attached hydrogens (tertiary/aromatic N) is 5. The van der Waals surface area contributed by atoms with Crippen molar-refractivity contribution in [3.8, 4) is 0 Å². The second-order valence-electron chi connectivity index (χ2n) is 10.6. The molecule has 1 aliphatic rings. The number of imidazole rings is 1. The van der Waals surface area contributed by atoms with Crippen LogP contribution >= 0.6 is 11.3 Å². The molecular weight excluding hydrogens is 580 g/mol. The van der Waals surface area contributed by atoms with Crippen LogP contribution in [0.1, 0.15) is 59.3 Å². The number of anilines is 1. The molecule has 1 unspecified atom stereocenters. The Morgan fingerprint density at radius 2 is 1.93 bits per heavy atom. The summed E-state index contributed by atoms with van der Waals surface area (Å²) >= 11 is 0.791. The van der Waals surface area contributed by atoms with Crippen molar-refractivity contribution in [1.29, 1.82) is 0 Å². The zero-order valence-electron chi connectivity index (χ0n) is 23.5. The van der Waals surface area contributed by atoms with Crippen LogP contribution in [0.4, 0.5) is 5.82 Å². The summed E-state index contributed by atoms with van der Waals surface area (Å²) in [5.41, 5.74) is 3.64. The number of unbranched alkanes of at least 4 members (excludes halogenated alkanes) is 1. The van der Waals surface area contributed by atoms with E-state index in [9.17, 15) is 30.0 Å². The molecular formula is C28H32N6O8S. The molecule has 0 amide bonds. The van der Waals surface area contributed by atoms with Crippen molar-refractivity contribution in [3.63, 3.8) is 0 Å². The van der Waals surface area contributed by atoms with E-state index in [-0.39, 0.29) is 28.6 Å². The van der Waals surface area contributed by atoms with E-state index in [1.807, 2.05) is 30.3 Å². The van der Waals surface area contributed by atoms with E-state index in [1.165, 1.54) is 23.2 Å². The van der Waals surface area contributed by atoms with Crippen LogP contribution in [0.2, 0.25) is 0 Å². The van der Waals surface area contributed by atoms with Gasteiger partial charge in [-0.2, -0.15) is 0 Å². The monoisotopic (exact) mass is 612 g/mol. The Morgan fingerprint density at radius 3 is 2.60 bits per heavy atom. The maximum absolute atomic E-state index is 12.9. The minimum Gasteiger partial charge on any atom is -0.479 e. The molecule has 0 spiro atoms. The van der Waals surface area contributed by atoms with E-state index in [1.54, 1.807) is 6.92 Å². The normalized spacial score (nSPS) is 23.4. The number of aliphatic hydroxyl groups is 2. The molecule has 4 aromatic rings. The average Bonchev–Trinajstić information content (AvgIpc) is 3.67. The molecule has 43 heavy (non-hydrogen) atoms. The van der Waals surface area contributed by atoms with Gasteiger partial charge in [-0.25, -0.2) is 29.5 Å². The molecule has 3 aromatic heterocycles. The molecule has 228 valence electrons. The van der Waals surface area contributed by atoms with Gasteiger partial charge in [-0.05, 0) is 45.1 Å². The number of aliphatic hydroxyl groups excluding tert-OH is 1. The summed E-state index contributed by atoms with van der Waals surface area (Å²) in [7, 11) is 0. The van der Waals surface area contributed by atoms with Gasteiger partial charge in [0.25, 0.3) is 0 Å². The number of aryl methyl sites for hydroxylation is 2. The summed E-state index contributed by atoms with van der Waals surface area (Å²) in [6, 6.07) is 9.72. The van der Waals surface area contributed by atoms with Gasteiger partial charge in [0.2, 0.25) is 10.6 Å². The molecule has 15 heteroatoms. The Balaban J connectivity index is 1.40. The van der Waals surface area contributed by atoms with Gasteiger partial charge in [-0.1, -0.05) is 30.3 Å². The van der Waals surface area contributed by atoms with Gasteiger partial charge in [0, 0.05) is 5.38 Å². The minimum atomic E-state index is -2.04. The summed E-state index contributed by atoms with van der Waals surface area (Å²) < 4.78 is 13.5. The first-order chi connectivity index (χ1) is 20.4. The first-order valence-electron chi connectivity index (χ1n) is 13.6. The molecule has 1 aromatic carbocycles. The second kappa shape index (κ2) is 11.9. The Labute approximate surface area is 249 Å². The lowest BCUT2D eigenvalue weighted by atomic mass is 9.91. The zero-order valence-corrected chi connectivity index (χ0v) is 24.3. The molecule has 0 radical (unpaired) electrons. The lowest BCUT2D eigenvalue weighted by molar-refractivity contribution is -0.182. The fourth-order valence-corrected chi connectivity index (χ4v) is 5.92. The number of nitrogens with two attached hydrogens (primary N) is 1. The maximum Gasteiger partial charge on any atom is 0.365 e. The predicted molar refractivity (Wildman–Crippen MR) is 153 cm³/mol. The van der Waals surface area contributed by atoms with Crippen LogP contribution in [0, 0.1) is 6.92 Å². The number of thiazole rings is 1. The van der Waals surface area contributed by atoms with Gasteiger partial charge in [0.1, 0.15) is 29.2 Å². The van der Waals surface area contributed by atoms with Crippen LogP contribution in [-0.2, 0) is 26.3 Å². The number of carbonyl (C=O) groups is 2. The van der Waals surface area contributed by atoms with Crippen molar-refractivity contribution in [2.24, 2.45) is 0 Å². The third-order valence-electron chi connectivity index (χ3n) is 7.67. The van der Waals surface area contributed by atoms with Gasteiger partial charge in [-0.15, -0.1) is 11.3 Å². The molecule has 4 heterocycles. The van der Waals surface area contributed by atoms with E-state index in [0.717, 1.165) is 16.9 Å². The number of ether oxygens (including phenoxy) is 2. The summed E-state index contributed by atoms with van der Waals surface area (Å²) in [5, 5.41) is 43.4. The number of carboxylic acid groups (broad SMARTS) is 2. The van der Waals surface area contributed by atoms with Crippen LogP contribution in [0.25, 0.3) is 11.2 Å². The maximum atomic E-state index is 12.9. The lowest BCUT2D eigenvalue weighted by Gasteiger charge is -2.32. The Hall–Kier alpha value is -4.02. The highest BCUT2D eigenvalue weighted by Gasteiger charge is 2.55. The van der Waals surface area contributed by atoms with Gasteiger partial charge >= 0.3 is 11.9 Å². The Bertz CT molecular complexity index is 1630. The van der Waals surface area contributed by atoms with Crippen LogP contribution in [0.3, 0.4) is 0 Å². The molecule has 1 saturated heterocycles. The number of aromatic nitrogens is 5. The first kappa shape index (κ1) is 30.4. The summed E-state index contributed by atoms with van der Waals surface area (Å²) in [4.78, 5) is 41.1. The predicted octanol–water partition coefficient (Wildman–Crippen LogP) is 2.29. The number of hydrogen-bond donors (Lipinski definition) is 5. The van der Waals surface area contributed by atoms with Crippen molar-refractivity contribution in [2.45, 2.75) is 69.2 Å². The van der Waals surface area contributed by atoms with Crippen molar-refractivity contribution >= 4 is 40.3 Å². The van der Waals surface area contributed by atoms with Gasteiger partial charge in [0.15, 0.2) is 17.7 Å². The summed E-state index contributed by atoms with van der Waals surface area (Å²) in [6.45, 7) is 2.53. The van der Waals surface area contributed by atoms with Crippen molar-refractivity contribution in [3.05, 3.63) is 64.1 Å². The summed E-state index contributed by atoms with van der Waals surface area (Å²) in [6.07, 6.45) is -0.770. The minimum absolute atomic E-state index is 0.0273. The van der Waals surface area contributed by atoms with Crippen LogP contribution < -0.4 is 5.73 Å². The average molecular weight is 613 g/mol. The Kier molecular flexibility index (Phi) is 8.45. The topological polar surface area (TPSA) is 216 Å². The van der Waals surface area contributed by atoms with Gasteiger partial charge in [-0.3, -0.25) is 4.57 Å². The number of carboxylic acids is 2. The molecule has 0 bridgehead atoms. The molecule has 1 fully saturated rings.